The van der Waals surface area contributed by atoms with Crippen LogP contribution in [0.1, 0.15) is 62.1 Å². The van der Waals surface area contributed by atoms with Gasteiger partial charge in [-0.25, -0.2) is 0 Å². The lowest BCUT2D eigenvalue weighted by Crippen LogP contribution is -2.35. The van der Waals surface area contributed by atoms with E-state index in [1.54, 1.807) is 0 Å². The zero-order valence-electron chi connectivity index (χ0n) is 18.8. The molecule has 1 N–H and O–H groups in total. The van der Waals surface area contributed by atoms with Crippen LogP contribution in [0, 0.1) is 5.92 Å². The Morgan fingerprint density at radius 2 is 1.97 bits per heavy atom. The Kier molecular flexibility index (Phi) is 7.01. The maximum atomic E-state index is 11.3. The Bertz CT molecular complexity index is 1040. The van der Waals surface area contributed by atoms with Gasteiger partial charge in [0.25, 0.3) is 0 Å². The molecule has 32 heavy (non-hydrogen) atoms. The van der Waals surface area contributed by atoms with Crippen molar-refractivity contribution in [1.82, 2.24) is 9.88 Å². The van der Waals surface area contributed by atoms with Crippen LogP contribution in [-0.2, 0) is 0 Å². The van der Waals surface area contributed by atoms with Gasteiger partial charge in [0.05, 0.1) is 6.10 Å². The number of rotatable bonds is 7. The first-order valence-electron chi connectivity index (χ1n) is 12.3. The molecule has 2 aliphatic rings. The van der Waals surface area contributed by atoms with Crippen LogP contribution >= 0.6 is 11.3 Å². The Hall–Kier alpha value is -2.01. The van der Waals surface area contributed by atoms with E-state index in [1.807, 2.05) is 23.6 Å². The van der Waals surface area contributed by atoms with Gasteiger partial charge in [-0.2, -0.15) is 0 Å². The van der Waals surface area contributed by atoms with Crippen molar-refractivity contribution in [2.45, 2.75) is 57.0 Å². The van der Waals surface area contributed by atoms with E-state index in [0.717, 1.165) is 51.0 Å². The molecule has 5 rings (SSSR count). The van der Waals surface area contributed by atoms with Gasteiger partial charge in [0.15, 0.2) is 0 Å². The molecule has 0 saturated heterocycles. The molecule has 168 valence electrons. The van der Waals surface area contributed by atoms with Gasteiger partial charge in [0.2, 0.25) is 0 Å². The Balaban J connectivity index is 1.25. The standard InChI is InChI=1S/C28H34N2OS/c31-28(22-7-2-1-3-8-22)25(26-10-4-5-16-29-26)14-19-30-17-12-21(13-18-30)23-9-6-11-27-24(23)15-20-32-27/h4-6,9-12,15-16,20,22,25,28,31H,1-3,7-8,13-14,17-19H2. The van der Waals surface area contributed by atoms with Gasteiger partial charge in [-0.15, -0.1) is 11.3 Å². The number of thiophene rings is 1. The number of fused-ring (bicyclic) bond motifs is 1. The van der Waals surface area contributed by atoms with Crippen molar-refractivity contribution in [2.24, 2.45) is 5.92 Å². The van der Waals surface area contributed by atoms with E-state index in [-0.39, 0.29) is 12.0 Å². The molecule has 1 aliphatic heterocycles. The second kappa shape index (κ2) is 10.3. The maximum Gasteiger partial charge on any atom is 0.0652 e. The summed E-state index contributed by atoms with van der Waals surface area (Å²) in [7, 11) is 0. The van der Waals surface area contributed by atoms with Crippen LogP contribution in [0.2, 0.25) is 0 Å². The molecule has 0 radical (unpaired) electrons. The number of aliphatic hydroxyl groups is 1. The second-order valence-corrected chi connectivity index (χ2v) is 10.4. The van der Waals surface area contributed by atoms with Crippen molar-refractivity contribution in [3.8, 4) is 0 Å². The van der Waals surface area contributed by atoms with Gasteiger partial charge < -0.3 is 5.11 Å². The minimum Gasteiger partial charge on any atom is -0.392 e. The Morgan fingerprint density at radius 1 is 1.06 bits per heavy atom. The summed E-state index contributed by atoms with van der Waals surface area (Å²) in [6.45, 7) is 3.09. The lowest BCUT2D eigenvalue weighted by atomic mass is 9.78. The van der Waals surface area contributed by atoms with E-state index in [4.69, 9.17) is 0 Å². The van der Waals surface area contributed by atoms with Crippen molar-refractivity contribution in [2.75, 3.05) is 19.6 Å². The molecule has 1 aromatic carbocycles. The quantitative estimate of drug-likeness (QED) is 0.450. The minimum atomic E-state index is -0.280. The molecule has 0 spiro atoms. The van der Waals surface area contributed by atoms with Crippen LogP contribution in [-0.4, -0.2) is 40.7 Å². The lowest BCUT2D eigenvalue weighted by molar-refractivity contribution is 0.0530. The molecular weight excluding hydrogens is 412 g/mol. The lowest BCUT2D eigenvalue weighted by Gasteiger charge is -2.34. The second-order valence-electron chi connectivity index (χ2n) is 9.46. The average molecular weight is 447 g/mol. The third-order valence-corrected chi connectivity index (χ3v) is 8.39. The molecule has 4 heteroatoms. The van der Waals surface area contributed by atoms with Crippen molar-refractivity contribution in [3.63, 3.8) is 0 Å². The molecule has 3 nitrogen and oxygen atoms in total. The van der Waals surface area contributed by atoms with Crippen molar-refractivity contribution >= 4 is 27.0 Å². The van der Waals surface area contributed by atoms with Gasteiger partial charge in [-0.1, -0.05) is 43.5 Å². The summed E-state index contributed by atoms with van der Waals surface area (Å²) in [5.41, 5.74) is 3.94. The number of hydrogen-bond acceptors (Lipinski definition) is 4. The van der Waals surface area contributed by atoms with Gasteiger partial charge >= 0.3 is 0 Å². The molecular formula is C28H34N2OS. The highest BCUT2D eigenvalue weighted by molar-refractivity contribution is 7.17. The topological polar surface area (TPSA) is 36.4 Å². The number of pyridine rings is 1. The predicted molar refractivity (Wildman–Crippen MR) is 135 cm³/mol. The van der Waals surface area contributed by atoms with Gasteiger partial charge in [-0.3, -0.25) is 9.88 Å². The smallest absolute Gasteiger partial charge is 0.0652 e. The fraction of sp³-hybridized carbons (Fsp3) is 0.464. The third kappa shape index (κ3) is 4.83. The van der Waals surface area contributed by atoms with Crippen LogP contribution in [0.4, 0.5) is 0 Å². The van der Waals surface area contributed by atoms with E-state index in [1.165, 1.54) is 40.5 Å². The summed E-state index contributed by atoms with van der Waals surface area (Å²) in [4.78, 5) is 7.19. The Labute approximate surface area is 195 Å². The molecule has 2 aromatic heterocycles. The molecule has 3 heterocycles. The van der Waals surface area contributed by atoms with Gasteiger partial charge in [0, 0.05) is 35.6 Å². The maximum absolute atomic E-state index is 11.3. The van der Waals surface area contributed by atoms with Crippen molar-refractivity contribution in [1.29, 1.82) is 0 Å². The highest BCUT2D eigenvalue weighted by Crippen LogP contribution is 2.36. The summed E-state index contributed by atoms with van der Waals surface area (Å²) in [5.74, 6) is 0.555. The molecule has 3 aromatic rings. The predicted octanol–water partition coefficient (Wildman–Crippen LogP) is 6.50. The minimum absolute atomic E-state index is 0.129. The van der Waals surface area contributed by atoms with E-state index < -0.39 is 0 Å². The van der Waals surface area contributed by atoms with E-state index in [0.29, 0.717) is 5.92 Å². The number of nitrogens with zero attached hydrogens (tertiary/aromatic N) is 2. The first-order valence-corrected chi connectivity index (χ1v) is 13.1. The molecule has 0 bridgehead atoms. The first kappa shape index (κ1) is 21.8. The number of hydrogen-bond donors (Lipinski definition) is 1. The fourth-order valence-electron chi connectivity index (χ4n) is 5.65. The molecule has 0 amide bonds. The number of benzene rings is 1. The van der Waals surface area contributed by atoms with Crippen LogP contribution in [0.3, 0.4) is 0 Å². The van der Waals surface area contributed by atoms with Crippen LogP contribution < -0.4 is 0 Å². The largest absolute Gasteiger partial charge is 0.392 e. The van der Waals surface area contributed by atoms with Crippen LogP contribution in [0.5, 0.6) is 0 Å². The van der Waals surface area contributed by atoms with Crippen LogP contribution in [0.25, 0.3) is 15.7 Å². The van der Waals surface area contributed by atoms with Crippen LogP contribution in [0.15, 0.2) is 60.1 Å². The zero-order valence-corrected chi connectivity index (χ0v) is 19.6. The highest BCUT2D eigenvalue weighted by Gasteiger charge is 2.31. The van der Waals surface area contributed by atoms with Crippen molar-refractivity contribution in [3.05, 3.63) is 71.4 Å². The molecule has 2 atom stereocenters. The monoisotopic (exact) mass is 446 g/mol. The number of aromatic nitrogens is 1. The summed E-state index contributed by atoms with van der Waals surface area (Å²) in [6, 6.07) is 15.1. The highest BCUT2D eigenvalue weighted by atomic mass is 32.1. The molecule has 1 aliphatic carbocycles. The Morgan fingerprint density at radius 3 is 2.75 bits per heavy atom. The average Bonchev–Trinajstić information content (AvgIpc) is 3.35. The molecule has 1 fully saturated rings. The SMILES string of the molecule is OC(C1CCCCC1)C(CCN1CC=C(c2cccc3sccc23)CC1)c1ccccn1. The fourth-order valence-corrected chi connectivity index (χ4v) is 6.46. The summed E-state index contributed by atoms with van der Waals surface area (Å²) in [6.07, 6.45) is 12.2. The molecule has 1 saturated carbocycles. The summed E-state index contributed by atoms with van der Waals surface area (Å²) < 4.78 is 1.38. The van der Waals surface area contributed by atoms with E-state index in [2.05, 4.69) is 57.7 Å². The van der Waals surface area contributed by atoms with Crippen molar-refractivity contribution < 1.29 is 5.11 Å². The zero-order chi connectivity index (χ0) is 21.8. The number of aliphatic hydroxyl groups excluding tert-OH is 1. The van der Waals surface area contributed by atoms with E-state index >= 15 is 0 Å². The third-order valence-electron chi connectivity index (χ3n) is 7.50. The normalized spacial score (nSPS) is 20.2. The summed E-state index contributed by atoms with van der Waals surface area (Å²) >= 11 is 1.82. The van der Waals surface area contributed by atoms with E-state index in [9.17, 15) is 5.11 Å². The summed E-state index contributed by atoms with van der Waals surface area (Å²) in [5, 5.41) is 14.9. The molecule has 2 unspecified atom stereocenters. The van der Waals surface area contributed by atoms with Gasteiger partial charge in [0.1, 0.15) is 0 Å². The van der Waals surface area contributed by atoms with Gasteiger partial charge in [-0.05, 0) is 84.3 Å². The first-order chi connectivity index (χ1) is 15.8.